The van der Waals surface area contributed by atoms with Crippen molar-refractivity contribution in [1.82, 2.24) is 0 Å². The molecule has 2 N–H and O–H groups in total. The third-order valence-corrected chi connectivity index (χ3v) is 5.70. The number of amides is 1. The normalized spacial score (nSPS) is 11.0. The molecule has 0 bridgehead atoms. The largest absolute Gasteiger partial charge is 0.482 e. The second-order valence-corrected chi connectivity index (χ2v) is 8.43. The zero-order valence-electron chi connectivity index (χ0n) is 14.9. The lowest BCUT2D eigenvalue weighted by molar-refractivity contribution is -0.118. The van der Waals surface area contributed by atoms with Crippen molar-refractivity contribution in [2.24, 2.45) is 0 Å². The van der Waals surface area contributed by atoms with Gasteiger partial charge in [-0.1, -0.05) is 35.3 Å². The Bertz CT molecular complexity index is 1100. The third kappa shape index (κ3) is 5.87. The summed E-state index contributed by atoms with van der Waals surface area (Å²) in [6, 6.07) is 18.9. The van der Waals surface area contributed by atoms with Crippen LogP contribution in [0.4, 0.5) is 11.4 Å². The second-order valence-electron chi connectivity index (χ2n) is 5.90. The molecule has 29 heavy (non-hydrogen) atoms. The number of ether oxygens (including phenoxy) is 1. The molecule has 0 heterocycles. The summed E-state index contributed by atoms with van der Waals surface area (Å²) < 4.78 is 32.7. The molecule has 0 saturated carbocycles. The molecule has 0 fully saturated rings. The summed E-state index contributed by atoms with van der Waals surface area (Å²) in [7, 11) is -3.77. The first-order valence-electron chi connectivity index (χ1n) is 8.39. The minimum atomic E-state index is -3.77. The monoisotopic (exact) mass is 450 g/mol. The Morgan fingerprint density at radius 2 is 1.48 bits per heavy atom. The van der Waals surface area contributed by atoms with E-state index in [0.717, 1.165) is 0 Å². The number of para-hydroxylation sites is 1. The first-order valence-corrected chi connectivity index (χ1v) is 10.6. The van der Waals surface area contributed by atoms with Gasteiger partial charge in [0.15, 0.2) is 6.61 Å². The molecule has 0 aromatic heterocycles. The fraction of sp³-hybridized carbons (Fsp3) is 0.0500. The van der Waals surface area contributed by atoms with Gasteiger partial charge in [0, 0.05) is 16.4 Å². The van der Waals surface area contributed by atoms with Crippen molar-refractivity contribution in [3.63, 3.8) is 0 Å². The molecule has 0 unspecified atom stereocenters. The van der Waals surface area contributed by atoms with Gasteiger partial charge in [-0.05, 0) is 60.7 Å². The summed E-state index contributed by atoms with van der Waals surface area (Å²) in [6.45, 7) is -0.234. The maximum absolute atomic E-state index is 12.4. The topological polar surface area (TPSA) is 84.5 Å². The van der Waals surface area contributed by atoms with E-state index >= 15 is 0 Å². The summed E-state index contributed by atoms with van der Waals surface area (Å²) >= 11 is 11.8. The van der Waals surface area contributed by atoms with Crippen LogP contribution in [0.15, 0.2) is 77.7 Å². The van der Waals surface area contributed by atoms with E-state index in [2.05, 4.69) is 10.0 Å². The first kappa shape index (κ1) is 21.0. The molecule has 0 aliphatic rings. The van der Waals surface area contributed by atoms with Crippen molar-refractivity contribution in [3.8, 4) is 5.75 Å². The van der Waals surface area contributed by atoms with Crippen LogP contribution in [0.25, 0.3) is 0 Å². The number of hydrogen-bond donors (Lipinski definition) is 2. The number of carbonyl (C=O) groups excluding carboxylic acids is 1. The summed E-state index contributed by atoms with van der Waals surface area (Å²) in [4.78, 5) is 12.1. The maximum atomic E-state index is 12.4. The van der Waals surface area contributed by atoms with Crippen molar-refractivity contribution in [2.75, 3.05) is 16.6 Å². The van der Waals surface area contributed by atoms with Gasteiger partial charge in [0.1, 0.15) is 5.75 Å². The van der Waals surface area contributed by atoms with Gasteiger partial charge < -0.3 is 10.1 Å². The number of sulfonamides is 1. The minimum Gasteiger partial charge on any atom is -0.482 e. The number of carbonyl (C=O) groups is 1. The van der Waals surface area contributed by atoms with Crippen LogP contribution in [0.3, 0.4) is 0 Å². The Labute approximate surface area is 178 Å². The van der Waals surface area contributed by atoms with Crippen LogP contribution in [0.5, 0.6) is 5.75 Å². The molecular weight excluding hydrogens is 435 g/mol. The molecule has 0 aliphatic heterocycles. The molecule has 3 aromatic carbocycles. The standard InChI is InChI=1S/C20H16Cl2N2O4S/c21-14-5-7-16(8-6-14)24-29(26,27)17-11-9-15(10-12-17)23-20(25)13-28-19-4-2-1-3-18(19)22/h1-12,24H,13H2,(H,23,25). The zero-order chi connectivity index (χ0) is 20.9. The predicted octanol–water partition coefficient (Wildman–Crippen LogP) is 4.81. The summed E-state index contributed by atoms with van der Waals surface area (Å²) in [5.74, 6) is -0.00107. The quantitative estimate of drug-likeness (QED) is 0.540. The maximum Gasteiger partial charge on any atom is 0.262 e. The van der Waals surface area contributed by atoms with Gasteiger partial charge in [-0.25, -0.2) is 8.42 Å². The highest BCUT2D eigenvalue weighted by molar-refractivity contribution is 7.92. The molecule has 150 valence electrons. The van der Waals surface area contributed by atoms with Gasteiger partial charge in [0.2, 0.25) is 0 Å². The van der Waals surface area contributed by atoms with Crippen LogP contribution >= 0.6 is 23.2 Å². The fourth-order valence-corrected chi connectivity index (χ4v) is 3.73. The van der Waals surface area contributed by atoms with Crippen molar-refractivity contribution in [1.29, 1.82) is 0 Å². The molecular formula is C20H16Cl2N2O4S. The van der Waals surface area contributed by atoms with E-state index in [-0.39, 0.29) is 11.5 Å². The molecule has 0 radical (unpaired) electrons. The van der Waals surface area contributed by atoms with Crippen LogP contribution in [0.2, 0.25) is 10.0 Å². The van der Waals surface area contributed by atoms with E-state index in [1.807, 2.05) is 0 Å². The Hall–Kier alpha value is -2.74. The minimum absolute atomic E-state index is 0.0535. The highest BCUT2D eigenvalue weighted by Crippen LogP contribution is 2.23. The van der Waals surface area contributed by atoms with E-state index in [1.54, 1.807) is 48.5 Å². The lowest BCUT2D eigenvalue weighted by atomic mass is 10.3. The summed E-state index contributed by atoms with van der Waals surface area (Å²) in [6.07, 6.45) is 0. The van der Waals surface area contributed by atoms with Crippen LogP contribution in [-0.4, -0.2) is 20.9 Å². The molecule has 1 amide bonds. The highest BCUT2D eigenvalue weighted by Gasteiger charge is 2.14. The second kappa shape index (κ2) is 9.17. The Balaban J connectivity index is 1.59. The van der Waals surface area contributed by atoms with Gasteiger partial charge >= 0.3 is 0 Å². The average Bonchev–Trinajstić information content (AvgIpc) is 2.69. The third-order valence-electron chi connectivity index (χ3n) is 3.74. The molecule has 0 saturated heterocycles. The lowest BCUT2D eigenvalue weighted by Crippen LogP contribution is -2.20. The predicted molar refractivity (Wildman–Crippen MR) is 114 cm³/mol. The Kier molecular flexibility index (Phi) is 6.64. The van der Waals surface area contributed by atoms with Crippen LogP contribution < -0.4 is 14.8 Å². The van der Waals surface area contributed by atoms with Gasteiger partial charge in [0.25, 0.3) is 15.9 Å². The molecule has 3 aromatic rings. The highest BCUT2D eigenvalue weighted by atomic mass is 35.5. The Morgan fingerprint density at radius 3 is 2.14 bits per heavy atom. The first-order chi connectivity index (χ1) is 13.8. The van der Waals surface area contributed by atoms with Gasteiger partial charge in [0.05, 0.1) is 9.92 Å². The number of nitrogens with one attached hydrogen (secondary N) is 2. The van der Waals surface area contributed by atoms with Crippen molar-refractivity contribution >= 4 is 50.5 Å². The summed E-state index contributed by atoms with van der Waals surface area (Å²) in [5, 5.41) is 3.54. The van der Waals surface area contributed by atoms with Gasteiger partial charge in [-0.3, -0.25) is 9.52 Å². The van der Waals surface area contributed by atoms with E-state index in [0.29, 0.717) is 27.2 Å². The smallest absolute Gasteiger partial charge is 0.262 e. The van der Waals surface area contributed by atoms with Crippen LogP contribution in [-0.2, 0) is 14.8 Å². The van der Waals surface area contributed by atoms with E-state index in [1.165, 1.54) is 24.3 Å². The SMILES string of the molecule is O=C(COc1ccccc1Cl)Nc1ccc(S(=O)(=O)Nc2ccc(Cl)cc2)cc1. The molecule has 0 spiro atoms. The molecule has 9 heteroatoms. The van der Waals surface area contributed by atoms with Crippen LogP contribution in [0.1, 0.15) is 0 Å². The number of rotatable bonds is 7. The number of hydrogen-bond acceptors (Lipinski definition) is 4. The molecule has 3 rings (SSSR count). The fourth-order valence-electron chi connectivity index (χ4n) is 2.35. The van der Waals surface area contributed by atoms with Crippen molar-refractivity contribution in [2.45, 2.75) is 4.90 Å². The van der Waals surface area contributed by atoms with Crippen molar-refractivity contribution < 1.29 is 17.9 Å². The summed E-state index contributed by atoms with van der Waals surface area (Å²) in [5.41, 5.74) is 0.826. The number of halogens is 2. The van der Waals surface area contributed by atoms with Crippen molar-refractivity contribution in [3.05, 3.63) is 82.8 Å². The van der Waals surface area contributed by atoms with Gasteiger partial charge in [-0.15, -0.1) is 0 Å². The number of anilines is 2. The molecule has 0 aliphatic carbocycles. The van der Waals surface area contributed by atoms with E-state index in [9.17, 15) is 13.2 Å². The lowest BCUT2D eigenvalue weighted by Gasteiger charge is -2.10. The number of benzene rings is 3. The average molecular weight is 451 g/mol. The Morgan fingerprint density at radius 1 is 0.862 bits per heavy atom. The molecule has 0 atom stereocenters. The van der Waals surface area contributed by atoms with Gasteiger partial charge in [-0.2, -0.15) is 0 Å². The van der Waals surface area contributed by atoms with E-state index < -0.39 is 15.9 Å². The zero-order valence-corrected chi connectivity index (χ0v) is 17.3. The van der Waals surface area contributed by atoms with Crippen LogP contribution in [0, 0.1) is 0 Å². The van der Waals surface area contributed by atoms with E-state index in [4.69, 9.17) is 27.9 Å². The molecule has 6 nitrogen and oxygen atoms in total.